The van der Waals surface area contributed by atoms with Gasteiger partial charge in [0, 0.05) is 11.0 Å². The van der Waals surface area contributed by atoms with Crippen LogP contribution in [0.1, 0.15) is 88.4 Å². The number of carbonyl (C=O) groups is 4. The molecule has 0 spiro atoms. The van der Waals surface area contributed by atoms with E-state index in [0.717, 1.165) is 0 Å². The van der Waals surface area contributed by atoms with Gasteiger partial charge in [0.1, 0.15) is 11.5 Å². The Balaban J connectivity index is 2.07. The summed E-state index contributed by atoms with van der Waals surface area (Å²) in [6.45, 7) is 15.6. The van der Waals surface area contributed by atoms with Gasteiger partial charge in [-0.3, -0.25) is 19.2 Å². The van der Waals surface area contributed by atoms with Gasteiger partial charge in [-0.15, -0.1) is 0 Å². The highest BCUT2D eigenvalue weighted by atomic mass is 16.3. The lowest BCUT2D eigenvalue weighted by Gasteiger charge is -2.58. The molecule has 0 aromatic heterocycles. The van der Waals surface area contributed by atoms with Crippen molar-refractivity contribution in [2.75, 3.05) is 0 Å². The van der Waals surface area contributed by atoms with Crippen LogP contribution in [-0.4, -0.2) is 33.3 Å². The van der Waals surface area contributed by atoms with E-state index < -0.39 is 33.6 Å². The number of benzene rings is 1. The fraction of sp³-hybridized carbons (Fsp3) is 0.448. The maximum atomic E-state index is 14.2. The highest BCUT2D eigenvalue weighted by Gasteiger charge is 2.67. The highest BCUT2D eigenvalue weighted by molar-refractivity contribution is 6.31. The lowest BCUT2D eigenvalue weighted by atomic mass is 9.42. The van der Waals surface area contributed by atoms with Crippen molar-refractivity contribution >= 4 is 34.5 Å². The maximum absolute atomic E-state index is 14.2. The molecule has 3 atom stereocenters. The first-order valence-electron chi connectivity index (χ1n) is 11.8. The van der Waals surface area contributed by atoms with Gasteiger partial charge >= 0.3 is 0 Å². The molecule has 0 radical (unpaired) electrons. The Morgan fingerprint density at radius 3 is 2.06 bits per heavy atom. The van der Waals surface area contributed by atoms with Crippen molar-refractivity contribution in [3.05, 3.63) is 51.6 Å². The number of hydrogen-bond donors (Lipinski definition) is 2. The molecule has 2 N–H and O–H groups in total. The largest absolute Gasteiger partial charge is 0.507 e. The fourth-order valence-corrected chi connectivity index (χ4v) is 6.98. The topological polar surface area (TPSA) is 109 Å². The number of ketones is 4. The van der Waals surface area contributed by atoms with Crippen LogP contribution in [0.3, 0.4) is 0 Å². The average molecular weight is 477 g/mol. The third kappa shape index (κ3) is 3.01. The molecule has 6 nitrogen and oxygen atoms in total. The van der Waals surface area contributed by atoms with Crippen LogP contribution in [0.4, 0.5) is 0 Å². The quantitative estimate of drug-likeness (QED) is 0.347. The summed E-state index contributed by atoms with van der Waals surface area (Å²) in [4.78, 5) is 52.6. The summed E-state index contributed by atoms with van der Waals surface area (Å²) in [5.74, 6) is -2.60. The first kappa shape index (κ1) is 24.8. The number of rotatable bonds is 3. The number of aromatic hydroxyl groups is 1. The second-order valence-electron chi connectivity index (χ2n) is 11.4. The van der Waals surface area contributed by atoms with Crippen molar-refractivity contribution in [1.82, 2.24) is 0 Å². The van der Waals surface area contributed by atoms with Crippen LogP contribution in [0.15, 0.2) is 29.4 Å². The molecule has 3 aliphatic carbocycles. The van der Waals surface area contributed by atoms with E-state index >= 15 is 0 Å². The van der Waals surface area contributed by atoms with Crippen LogP contribution in [0.25, 0.3) is 11.3 Å². The van der Waals surface area contributed by atoms with Crippen LogP contribution >= 0.6 is 0 Å². The van der Waals surface area contributed by atoms with Gasteiger partial charge in [-0.25, -0.2) is 0 Å². The SMILES string of the molecule is C=C(C)c1cc(C(C)=O)c(O)c2c1C[C@]1(C)C[C@]3(C)CC(C)=C(C(C)=O)C(=O)[C@]3(C)C(=O)C1=C2O. The molecule has 1 aromatic carbocycles. The standard InChI is InChI=1S/C29H32O6/c1-13(2)17-9-18(15(4)30)23(32)21-19(17)11-27(6)12-28(7)10-14(3)20(16(5)31)25(34)29(28,8)26(35)22(27)24(21)33/h9,32-33H,1,10-12H2,2-8H3/t27-,28+,29-/m1/s1. The van der Waals surface area contributed by atoms with E-state index in [2.05, 4.69) is 6.58 Å². The molecule has 184 valence electrons. The number of carbonyl (C=O) groups excluding carboxylic acids is 4. The minimum absolute atomic E-state index is 0.0305. The Hall–Kier alpha value is -3.28. The Morgan fingerprint density at radius 1 is 0.943 bits per heavy atom. The Labute approximate surface area is 205 Å². The van der Waals surface area contributed by atoms with Crippen LogP contribution in [-0.2, 0) is 20.8 Å². The van der Waals surface area contributed by atoms with E-state index in [1.807, 2.05) is 13.8 Å². The Bertz CT molecular complexity index is 1360. The van der Waals surface area contributed by atoms with Gasteiger partial charge in [-0.1, -0.05) is 31.6 Å². The van der Waals surface area contributed by atoms with E-state index in [0.29, 0.717) is 41.5 Å². The van der Waals surface area contributed by atoms with E-state index in [-0.39, 0.29) is 39.6 Å². The third-order valence-electron chi connectivity index (χ3n) is 8.67. The molecule has 1 aromatic rings. The van der Waals surface area contributed by atoms with Gasteiger partial charge in [-0.2, -0.15) is 0 Å². The molecule has 0 bridgehead atoms. The van der Waals surface area contributed by atoms with E-state index in [4.69, 9.17) is 0 Å². The van der Waals surface area contributed by atoms with E-state index in [9.17, 15) is 29.4 Å². The third-order valence-corrected chi connectivity index (χ3v) is 8.67. The fourth-order valence-electron chi connectivity index (χ4n) is 6.98. The zero-order valence-electron chi connectivity index (χ0n) is 21.4. The van der Waals surface area contributed by atoms with Crippen molar-refractivity contribution in [3.8, 4) is 5.75 Å². The first-order chi connectivity index (χ1) is 16.0. The summed E-state index contributed by atoms with van der Waals surface area (Å²) in [6.07, 6.45) is 1.15. The molecule has 0 heterocycles. The monoisotopic (exact) mass is 476 g/mol. The van der Waals surface area contributed by atoms with Crippen molar-refractivity contribution in [1.29, 1.82) is 0 Å². The van der Waals surface area contributed by atoms with E-state index in [1.54, 1.807) is 26.8 Å². The smallest absolute Gasteiger partial charge is 0.180 e. The summed E-state index contributed by atoms with van der Waals surface area (Å²) in [6, 6.07) is 1.59. The molecule has 0 amide bonds. The van der Waals surface area contributed by atoms with Gasteiger partial charge in [0.25, 0.3) is 0 Å². The average Bonchev–Trinajstić information content (AvgIpc) is 2.69. The van der Waals surface area contributed by atoms with Gasteiger partial charge in [-0.05, 0) is 76.5 Å². The number of allylic oxidation sites excluding steroid dienone is 4. The lowest BCUT2D eigenvalue weighted by Crippen LogP contribution is -2.61. The van der Waals surface area contributed by atoms with Gasteiger partial charge < -0.3 is 10.2 Å². The molecular weight excluding hydrogens is 444 g/mol. The number of hydrogen-bond acceptors (Lipinski definition) is 6. The summed E-state index contributed by atoms with van der Waals surface area (Å²) < 4.78 is 0. The predicted octanol–water partition coefficient (Wildman–Crippen LogP) is 5.32. The molecule has 35 heavy (non-hydrogen) atoms. The number of Topliss-reactive ketones (excluding diaryl/α,β-unsaturated/α-hetero) is 4. The number of aliphatic hydroxyl groups excluding tert-OH is 1. The molecular formula is C29H32O6. The van der Waals surface area contributed by atoms with Crippen molar-refractivity contribution < 1.29 is 29.4 Å². The summed E-state index contributed by atoms with van der Waals surface area (Å²) in [5.41, 5.74) is -0.312. The molecule has 3 aliphatic rings. The number of phenols is 1. The van der Waals surface area contributed by atoms with Gasteiger partial charge in [0.05, 0.1) is 22.1 Å². The zero-order valence-corrected chi connectivity index (χ0v) is 21.4. The van der Waals surface area contributed by atoms with Crippen LogP contribution < -0.4 is 0 Å². The van der Waals surface area contributed by atoms with Crippen LogP contribution in [0.2, 0.25) is 0 Å². The number of aliphatic hydroxyl groups is 1. The number of phenolic OH excluding ortho intramolecular Hbond substituents is 1. The molecule has 1 saturated carbocycles. The lowest BCUT2D eigenvalue weighted by molar-refractivity contribution is -0.152. The first-order valence-corrected chi connectivity index (χ1v) is 11.8. The van der Waals surface area contributed by atoms with Crippen LogP contribution in [0.5, 0.6) is 5.75 Å². The molecule has 4 rings (SSSR count). The molecule has 0 aliphatic heterocycles. The molecule has 6 heteroatoms. The molecule has 1 fully saturated rings. The highest BCUT2D eigenvalue weighted by Crippen LogP contribution is 2.65. The predicted molar refractivity (Wildman–Crippen MR) is 133 cm³/mol. The Kier molecular flexibility index (Phi) is 5.22. The van der Waals surface area contributed by atoms with Crippen LogP contribution in [0, 0.1) is 16.2 Å². The second-order valence-corrected chi connectivity index (χ2v) is 11.4. The minimum Gasteiger partial charge on any atom is -0.507 e. The summed E-state index contributed by atoms with van der Waals surface area (Å²) in [7, 11) is 0. The Morgan fingerprint density at radius 2 is 1.54 bits per heavy atom. The van der Waals surface area contributed by atoms with Gasteiger partial charge in [0.15, 0.2) is 23.1 Å². The number of fused-ring (bicyclic) bond motifs is 3. The second kappa shape index (κ2) is 7.36. The van der Waals surface area contributed by atoms with Crippen molar-refractivity contribution in [2.24, 2.45) is 16.2 Å². The van der Waals surface area contributed by atoms with Crippen molar-refractivity contribution in [3.63, 3.8) is 0 Å². The maximum Gasteiger partial charge on any atom is 0.180 e. The summed E-state index contributed by atoms with van der Waals surface area (Å²) >= 11 is 0. The molecule has 0 unspecified atom stereocenters. The zero-order chi connectivity index (χ0) is 26.4. The molecule has 0 saturated heterocycles. The normalized spacial score (nSPS) is 30.0. The minimum atomic E-state index is -1.54. The van der Waals surface area contributed by atoms with E-state index in [1.165, 1.54) is 13.8 Å². The van der Waals surface area contributed by atoms with Crippen molar-refractivity contribution in [2.45, 2.75) is 67.7 Å². The summed E-state index contributed by atoms with van der Waals surface area (Å²) in [5, 5.41) is 22.6. The van der Waals surface area contributed by atoms with Gasteiger partial charge in [0.2, 0.25) is 0 Å².